The van der Waals surface area contributed by atoms with Gasteiger partial charge in [-0.15, -0.1) is 0 Å². The standard InChI is InChI=1S/C15H21N3O/c1-12-5-4-6-13(9-12)16-15(19)18-10-14(11-18)17-7-2-3-8-17/h4-6,9,14H,2-3,7-8,10-11H2,1H3,(H,16,19). The molecule has 0 unspecified atom stereocenters. The number of hydrogen-bond acceptors (Lipinski definition) is 2. The first-order valence-electron chi connectivity index (χ1n) is 7.09. The van der Waals surface area contributed by atoms with Gasteiger partial charge in [0.1, 0.15) is 0 Å². The first-order chi connectivity index (χ1) is 9.22. The summed E-state index contributed by atoms with van der Waals surface area (Å²) in [7, 11) is 0. The van der Waals surface area contributed by atoms with Crippen LogP contribution in [0.2, 0.25) is 0 Å². The van der Waals surface area contributed by atoms with Crippen molar-refractivity contribution in [2.45, 2.75) is 25.8 Å². The van der Waals surface area contributed by atoms with Crippen molar-refractivity contribution in [2.24, 2.45) is 0 Å². The van der Waals surface area contributed by atoms with Crippen molar-refractivity contribution in [2.75, 3.05) is 31.5 Å². The average molecular weight is 259 g/mol. The summed E-state index contributed by atoms with van der Waals surface area (Å²) in [6, 6.07) is 8.54. The van der Waals surface area contributed by atoms with E-state index in [4.69, 9.17) is 0 Å². The number of nitrogens with one attached hydrogen (secondary N) is 1. The summed E-state index contributed by atoms with van der Waals surface area (Å²) in [4.78, 5) is 16.5. The van der Waals surface area contributed by atoms with Crippen LogP contribution in [0.1, 0.15) is 18.4 Å². The van der Waals surface area contributed by atoms with Gasteiger partial charge >= 0.3 is 6.03 Å². The van der Waals surface area contributed by atoms with Gasteiger partial charge in [-0.1, -0.05) is 12.1 Å². The molecule has 1 aromatic rings. The zero-order valence-corrected chi connectivity index (χ0v) is 11.4. The topological polar surface area (TPSA) is 35.6 Å². The van der Waals surface area contributed by atoms with Crippen molar-refractivity contribution >= 4 is 11.7 Å². The first-order valence-corrected chi connectivity index (χ1v) is 7.09. The minimum Gasteiger partial charge on any atom is -0.321 e. The lowest BCUT2D eigenvalue weighted by atomic mass is 10.1. The van der Waals surface area contributed by atoms with Gasteiger partial charge in [0.2, 0.25) is 0 Å². The number of aryl methyl sites for hydroxylation is 1. The van der Waals surface area contributed by atoms with E-state index in [0.29, 0.717) is 6.04 Å². The summed E-state index contributed by atoms with van der Waals surface area (Å²) < 4.78 is 0. The first kappa shape index (κ1) is 12.5. The summed E-state index contributed by atoms with van der Waals surface area (Å²) in [5, 5.41) is 2.96. The highest BCUT2D eigenvalue weighted by Crippen LogP contribution is 2.21. The Bertz CT molecular complexity index is 462. The molecule has 4 heteroatoms. The van der Waals surface area contributed by atoms with Crippen LogP contribution in [0.15, 0.2) is 24.3 Å². The molecule has 2 heterocycles. The normalized spacial score (nSPS) is 20.4. The molecule has 0 saturated carbocycles. The molecule has 2 aliphatic heterocycles. The number of amides is 2. The third-order valence-electron chi connectivity index (χ3n) is 4.08. The van der Waals surface area contributed by atoms with Crippen LogP contribution in [-0.4, -0.2) is 48.1 Å². The molecule has 3 rings (SSSR count). The Morgan fingerprint density at radius 1 is 1.26 bits per heavy atom. The average Bonchev–Trinajstić information content (AvgIpc) is 2.80. The number of hydrogen-bond donors (Lipinski definition) is 1. The van der Waals surface area contributed by atoms with Crippen molar-refractivity contribution in [3.05, 3.63) is 29.8 Å². The van der Waals surface area contributed by atoms with Gasteiger partial charge in [0.25, 0.3) is 0 Å². The summed E-state index contributed by atoms with van der Waals surface area (Å²) >= 11 is 0. The second kappa shape index (κ2) is 5.21. The highest BCUT2D eigenvalue weighted by atomic mass is 16.2. The van der Waals surface area contributed by atoms with E-state index in [1.165, 1.54) is 25.9 Å². The summed E-state index contributed by atoms with van der Waals surface area (Å²) in [6.45, 7) is 6.19. The van der Waals surface area contributed by atoms with Gasteiger partial charge in [-0.3, -0.25) is 4.90 Å². The predicted molar refractivity (Wildman–Crippen MR) is 76.4 cm³/mol. The van der Waals surface area contributed by atoms with Crippen LogP contribution in [0.5, 0.6) is 0 Å². The Morgan fingerprint density at radius 3 is 2.68 bits per heavy atom. The number of carbonyl (C=O) groups excluding carboxylic acids is 1. The van der Waals surface area contributed by atoms with E-state index in [0.717, 1.165) is 24.3 Å². The molecule has 2 saturated heterocycles. The number of benzene rings is 1. The minimum absolute atomic E-state index is 0.0287. The molecule has 0 aromatic heterocycles. The maximum Gasteiger partial charge on any atom is 0.321 e. The van der Waals surface area contributed by atoms with Gasteiger partial charge in [0, 0.05) is 24.8 Å². The quantitative estimate of drug-likeness (QED) is 0.884. The fraction of sp³-hybridized carbons (Fsp3) is 0.533. The maximum atomic E-state index is 12.1. The highest BCUT2D eigenvalue weighted by Gasteiger charge is 2.35. The number of likely N-dealkylation sites (tertiary alicyclic amines) is 2. The van der Waals surface area contributed by atoms with Gasteiger partial charge in [-0.2, -0.15) is 0 Å². The number of anilines is 1. The van der Waals surface area contributed by atoms with Gasteiger partial charge in [0.15, 0.2) is 0 Å². The summed E-state index contributed by atoms with van der Waals surface area (Å²) in [5.74, 6) is 0. The number of carbonyl (C=O) groups is 1. The molecule has 19 heavy (non-hydrogen) atoms. The lowest BCUT2D eigenvalue weighted by Gasteiger charge is -2.43. The molecule has 0 bridgehead atoms. The summed E-state index contributed by atoms with van der Waals surface area (Å²) in [5.41, 5.74) is 2.05. The lowest BCUT2D eigenvalue weighted by molar-refractivity contribution is 0.0776. The monoisotopic (exact) mass is 259 g/mol. The molecular weight excluding hydrogens is 238 g/mol. The van der Waals surface area contributed by atoms with Crippen molar-refractivity contribution in [1.29, 1.82) is 0 Å². The number of urea groups is 1. The highest BCUT2D eigenvalue weighted by molar-refractivity contribution is 5.90. The SMILES string of the molecule is Cc1cccc(NC(=O)N2CC(N3CCCC3)C2)c1. The van der Waals surface area contributed by atoms with Crippen molar-refractivity contribution in [1.82, 2.24) is 9.80 Å². The fourth-order valence-corrected chi connectivity index (χ4v) is 2.88. The van der Waals surface area contributed by atoms with E-state index in [2.05, 4.69) is 10.2 Å². The molecular formula is C15H21N3O. The van der Waals surface area contributed by atoms with Gasteiger partial charge in [0.05, 0.1) is 0 Å². The molecule has 0 aliphatic carbocycles. The Morgan fingerprint density at radius 2 is 2.00 bits per heavy atom. The van der Waals surface area contributed by atoms with Crippen LogP contribution in [0.4, 0.5) is 10.5 Å². The van der Waals surface area contributed by atoms with Crippen molar-refractivity contribution < 1.29 is 4.79 Å². The molecule has 0 atom stereocenters. The van der Waals surface area contributed by atoms with Crippen LogP contribution in [-0.2, 0) is 0 Å². The van der Waals surface area contributed by atoms with E-state index in [-0.39, 0.29) is 6.03 Å². The van der Waals surface area contributed by atoms with Crippen molar-refractivity contribution in [3.63, 3.8) is 0 Å². The molecule has 0 spiro atoms. The lowest BCUT2D eigenvalue weighted by Crippen LogP contribution is -2.61. The van der Waals surface area contributed by atoms with Crippen molar-refractivity contribution in [3.8, 4) is 0 Å². The Kier molecular flexibility index (Phi) is 3.42. The van der Waals surface area contributed by atoms with Gasteiger partial charge in [-0.25, -0.2) is 4.79 Å². The van der Waals surface area contributed by atoms with Gasteiger partial charge < -0.3 is 10.2 Å². The van der Waals surface area contributed by atoms with E-state index < -0.39 is 0 Å². The minimum atomic E-state index is 0.0287. The number of rotatable bonds is 2. The van der Waals surface area contributed by atoms with Gasteiger partial charge in [-0.05, 0) is 50.6 Å². The Hall–Kier alpha value is -1.55. The van der Waals surface area contributed by atoms with E-state index in [1.54, 1.807) is 0 Å². The Balaban J connectivity index is 1.50. The zero-order valence-electron chi connectivity index (χ0n) is 11.4. The predicted octanol–water partition coefficient (Wildman–Crippen LogP) is 2.31. The van der Waals surface area contributed by atoms with E-state index in [9.17, 15) is 4.79 Å². The molecule has 2 aliphatic rings. The second-order valence-corrected chi connectivity index (χ2v) is 5.60. The summed E-state index contributed by atoms with van der Waals surface area (Å²) in [6.07, 6.45) is 2.62. The van der Waals surface area contributed by atoms with E-state index in [1.807, 2.05) is 36.1 Å². The molecule has 2 fully saturated rings. The molecule has 4 nitrogen and oxygen atoms in total. The zero-order chi connectivity index (χ0) is 13.2. The smallest absolute Gasteiger partial charge is 0.321 e. The third-order valence-corrected chi connectivity index (χ3v) is 4.08. The molecule has 0 radical (unpaired) electrons. The van der Waals surface area contributed by atoms with Crippen LogP contribution in [0.25, 0.3) is 0 Å². The van der Waals surface area contributed by atoms with Crippen LogP contribution in [0.3, 0.4) is 0 Å². The van der Waals surface area contributed by atoms with Crippen LogP contribution in [0, 0.1) is 6.92 Å². The second-order valence-electron chi connectivity index (χ2n) is 5.60. The molecule has 1 aromatic carbocycles. The molecule has 102 valence electrons. The van der Waals surface area contributed by atoms with E-state index >= 15 is 0 Å². The molecule has 1 N–H and O–H groups in total. The third kappa shape index (κ3) is 2.73. The Labute approximate surface area is 114 Å². The largest absolute Gasteiger partial charge is 0.321 e. The van der Waals surface area contributed by atoms with Crippen LogP contribution < -0.4 is 5.32 Å². The van der Waals surface area contributed by atoms with Crippen LogP contribution >= 0.6 is 0 Å². The fourth-order valence-electron chi connectivity index (χ4n) is 2.88. The molecule has 2 amide bonds. The number of nitrogens with zero attached hydrogens (tertiary/aromatic N) is 2. The maximum absolute atomic E-state index is 12.1.